The van der Waals surface area contributed by atoms with Crippen molar-refractivity contribution in [1.29, 1.82) is 0 Å². The number of amides is 1. The maximum absolute atomic E-state index is 13.0. The van der Waals surface area contributed by atoms with Gasteiger partial charge < -0.3 is 15.3 Å². The van der Waals surface area contributed by atoms with Crippen LogP contribution in [0.2, 0.25) is 5.02 Å². The van der Waals surface area contributed by atoms with Crippen molar-refractivity contribution in [3.05, 3.63) is 71.0 Å². The molecule has 1 fully saturated rings. The Morgan fingerprint density at radius 2 is 1.81 bits per heavy atom. The number of hydrogen-bond donors (Lipinski definition) is 3. The number of fused-ring (bicyclic) bond motifs is 2. The maximum atomic E-state index is 13.0. The van der Waals surface area contributed by atoms with Crippen molar-refractivity contribution in [2.75, 3.05) is 6.54 Å². The molecule has 2 heterocycles. The molecule has 27 heavy (non-hydrogen) atoms. The van der Waals surface area contributed by atoms with E-state index in [0.29, 0.717) is 11.6 Å². The highest BCUT2D eigenvalue weighted by Crippen LogP contribution is 2.50. The number of aromatic nitrogens is 2. The van der Waals surface area contributed by atoms with Crippen LogP contribution < -0.4 is 5.32 Å². The average Bonchev–Trinajstić information content (AvgIpc) is 3.22. The Kier molecular flexibility index (Phi) is 3.76. The third-order valence-corrected chi connectivity index (χ3v) is 5.93. The quantitative estimate of drug-likeness (QED) is 0.464. The van der Waals surface area contributed by atoms with Gasteiger partial charge in [-0.2, -0.15) is 0 Å². The Morgan fingerprint density at radius 1 is 1.04 bits per heavy atom. The van der Waals surface area contributed by atoms with Crippen molar-refractivity contribution in [3.63, 3.8) is 0 Å². The van der Waals surface area contributed by atoms with Crippen LogP contribution in [0, 0.1) is 0 Å². The molecule has 0 spiro atoms. The average molecular weight is 378 g/mol. The molecule has 1 aliphatic carbocycles. The highest BCUT2D eigenvalue weighted by molar-refractivity contribution is 6.31. The van der Waals surface area contributed by atoms with Gasteiger partial charge in [0.1, 0.15) is 0 Å². The number of nitrogens with one attached hydrogen (secondary N) is 3. The molecule has 2 aromatic heterocycles. The molecule has 0 atom stereocenters. The number of para-hydroxylation sites is 1. The molecule has 0 aliphatic heterocycles. The lowest BCUT2D eigenvalue weighted by molar-refractivity contribution is -0.123. The van der Waals surface area contributed by atoms with Crippen molar-refractivity contribution < 1.29 is 4.79 Å². The van der Waals surface area contributed by atoms with Crippen LogP contribution in [0.1, 0.15) is 24.0 Å². The highest BCUT2D eigenvalue weighted by atomic mass is 35.5. The van der Waals surface area contributed by atoms with E-state index in [1.54, 1.807) is 0 Å². The fourth-order valence-corrected chi connectivity index (χ4v) is 4.22. The molecule has 1 saturated carbocycles. The summed E-state index contributed by atoms with van der Waals surface area (Å²) in [5.74, 6) is 0.114. The van der Waals surface area contributed by atoms with Gasteiger partial charge in [0, 0.05) is 45.8 Å². The largest absolute Gasteiger partial charge is 0.361 e. The molecule has 3 N–H and O–H groups in total. The smallest absolute Gasteiger partial charge is 0.230 e. The fourth-order valence-electron chi connectivity index (χ4n) is 4.05. The van der Waals surface area contributed by atoms with E-state index in [1.807, 2.05) is 42.7 Å². The lowest BCUT2D eigenvalue weighted by Crippen LogP contribution is -2.35. The molecule has 1 aliphatic rings. The molecule has 4 nitrogen and oxygen atoms in total. The molecule has 2 aromatic carbocycles. The molecule has 0 radical (unpaired) electrons. The first-order valence-corrected chi connectivity index (χ1v) is 9.66. The Hall–Kier alpha value is -2.72. The number of rotatable bonds is 5. The molecule has 0 saturated heterocycles. The summed E-state index contributed by atoms with van der Waals surface area (Å²) in [6.07, 6.45) is 6.57. The van der Waals surface area contributed by atoms with E-state index in [9.17, 15) is 4.79 Å². The zero-order valence-corrected chi connectivity index (χ0v) is 15.6. The minimum atomic E-state index is -0.414. The lowest BCUT2D eigenvalue weighted by atomic mass is 9.94. The molecule has 5 heteroatoms. The second-order valence-corrected chi connectivity index (χ2v) is 7.78. The summed E-state index contributed by atoms with van der Waals surface area (Å²) in [6.45, 7) is 0.630. The van der Waals surface area contributed by atoms with Gasteiger partial charge in [-0.1, -0.05) is 29.8 Å². The SMILES string of the molecule is O=C(NCCc1c[nH]c2ccccc12)C1(c2c[nH]c3ccc(Cl)cc23)CC1. The van der Waals surface area contributed by atoms with Crippen molar-refractivity contribution in [2.45, 2.75) is 24.7 Å². The topological polar surface area (TPSA) is 60.7 Å². The van der Waals surface area contributed by atoms with Crippen molar-refractivity contribution in [3.8, 4) is 0 Å². The first-order chi connectivity index (χ1) is 13.2. The Bertz CT molecular complexity index is 1150. The van der Waals surface area contributed by atoms with Gasteiger partial charge in [0.05, 0.1) is 5.41 Å². The normalized spacial score (nSPS) is 15.3. The van der Waals surface area contributed by atoms with E-state index in [2.05, 4.69) is 27.4 Å². The van der Waals surface area contributed by atoms with E-state index < -0.39 is 5.41 Å². The van der Waals surface area contributed by atoms with Crippen molar-refractivity contribution in [1.82, 2.24) is 15.3 Å². The molecular weight excluding hydrogens is 358 g/mol. The molecule has 0 unspecified atom stereocenters. The van der Waals surface area contributed by atoms with E-state index >= 15 is 0 Å². The highest BCUT2D eigenvalue weighted by Gasteiger charge is 2.52. The van der Waals surface area contributed by atoms with Crippen LogP contribution in [0.5, 0.6) is 0 Å². The zero-order chi connectivity index (χ0) is 18.4. The van der Waals surface area contributed by atoms with Gasteiger partial charge in [-0.25, -0.2) is 0 Å². The third kappa shape index (κ3) is 2.72. The monoisotopic (exact) mass is 377 g/mol. The number of aromatic amines is 2. The van der Waals surface area contributed by atoms with Gasteiger partial charge in [0.25, 0.3) is 0 Å². The zero-order valence-electron chi connectivity index (χ0n) is 14.8. The van der Waals surface area contributed by atoms with Gasteiger partial charge in [-0.15, -0.1) is 0 Å². The Morgan fingerprint density at radius 3 is 2.67 bits per heavy atom. The van der Waals surface area contributed by atoms with E-state index in [-0.39, 0.29) is 5.91 Å². The standard InChI is InChI=1S/C22H20ClN3O/c23-15-5-6-20-17(11-15)18(13-26-20)22(8-9-22)21(27)24-10-7-14-12-25-19-4-2-1-3-16(14)19/h1-6,11-13,25-26H,7-10H2,(H,24,27). The Balaban J connectivity index is 1.32. The second kappa shape index (κ2) is 6.17. The molecular formula is C22H20ClN3O. The fraction of sp³-hybridized carbons (Fsp3) is 0.227. The van der Waals surface area contributed by atoms with E-state index in [0.717, 1.165) is 41.2 Å². The minimum absolute atomic E-state index is 0.114. The summed E-state index contributed by atoms with van der Waals surface area (Å²) in [6, 6.07) is 14.0. The first kappa shape index (κ1) is 16.5. The number of hydrogen-bond acceptors (Lipinski definition) is 1. The summed E-state index contributed by atoms with van der Waals surface area (Å²) in [5.41, 5.74) is 4.03. The van der Waals surface area contributed by atoms with Crippen LogP contribution in [0.3, 0.4) is 0 Å². The summed E-state index contributed by atoms with van der Waals surface area (Å²) < 4.78 is 0. The number of benzene rings is 2. The molecule has 0 bridgehead atoms. The van der Waals surface area contributed by atoms with Crippen LogP contribution in [0.25, 0.3) is 21.8 Å². The summed E-state index contributed by atoms with van der Waals surface area (Å²) in [7, 11) is 0. The summed E-state index contributed by atoms with van der Waals surface area (Å²) in [4.78, 5) is 19.5. The second-order valence-electron chi connectivity index (χ2n) is 7.34. The van der Waals surface area contributed by atoms with Crippen LogP contribution >= 0.6 is 11.6 Å². The predicted molar refractivity (Wildman–Crippen MR) is 109 cm³/mol. The van der Waals surface area contributed by atoms with Gasteiger partial charge in [0.2, 0.25) is 5.91 Å². The van der Waals surface area contributed by atoms with Crippen molar-refractivity contribution in [2.24, 2.45) is 0 Å². The van der Waals surface area contributed by atoms with Gasteiger partial charge in [-0.05, 0) is 54.7 Å². The minimum Gasteiger partial charge on any atom is -0.361 e. The van der Waals surface area contributed by atoms with Crippen molar-refractivity contribution >= 4 is 39.3 Å². The van der Waals surface area contributed by atoms with E-state index in [1.165, 1.54) is 10.9 Å². The maximum Gasteiger partial charge on any atom is 0.230 e. The van der Waals surface area contributed by atoms with Crippen LogP contribution in [-0.4, -0.2) is 22.4 Å². The Labute approximate surface area is 161 Å². The predicted octanol–water partition coefficient (Wildman–Crippen LogP) is 4.69. The summed E-state index contributed by atoms with van der Waals surface area (Å²) in [5, 5.41) is 6.12. The molecule has 1 amide bonds. The number of carbonyl (C=O) groups is 1. The van der Waals surface area contributed by atoms with Gasteiger partial charge in [0.15, 0.2) is 0 Å². The number of H-pyrrole nitrogens is 2. The number of halogens is 1. The van der Waals surface area contributed by atoms with E-state index in [4.69, 9.17) is 11.6 Å². The van der Waals surface area contributed by atoms with Crippen LogP contribution in [0.4, 0.5) is 0 Å². The lowest BCUT2D eigenvalue weighted by Gasteiger charge is -2.15. The molecule has 136 valence electrons. The first-order valence-electron chi connectivity index (χ1n) is 9.28. The van der Waals surface area contributed by atoms with Gasteiger partial charge >= 0.3 is 0 Å². The molecule has 4 aromatic rings. The molecule has 5 rings (SSSR count). The number of carbonyl (C=O) groups excluding carboxylic acids is 1. The van der Waals surface area contributed by atoms with Gasteiger partial charge in [-0.3, -0.25) is 4.79 Å². The third-order valence-electron chi connectivity index (χ3n) is 5.70. The van der Waals surface area contributed by atoms with Crippen LogP contribution in [0.15, 0.2) is 54.9 Å². The van der Waals surface area contributed by atoms with Crippen LogP contribution in [-0.2, 0) is 16.6 Å². The summed E-state index contributed by atoms with van der Waals surface area (Å²) >= 11 is 6.17.